The second-order valence-electron chi connectivity index (χ2n) is 7.06. The summed E-state index contributed by atoms with van der Waals surface area (Å²) in [5.74, 6) is 0.936. The number of nitrogens with one attached hydrogen (secondary N) is 1. The third kappa shape index (κ3) is 3.46. The molecule has 5 rings (SSSR count). The lowest BCUT2D eigenvalue weighted by Gasteiger charge is -2.11. The summed E-state index contributed by atoms with van der Waals surface area (Å²) in [5.41, 5.74) is 2.64. The van der Waals surface area contributed by atoms with Crippen molar-refractivity contribution in [2.45, 2.75) is 19.6 Å². The van der Waals surface area contributed by atoms with Crippen LogP contribution in [0.25, 0.3) is 16.7 Å². The molecule has 0 aliphatic carbocycles. The quantitative estimate of drug-likeness (QED) is 0.535. The molecule has 0 unspecified atom stereocenters. The Morgan fingerprint density at radius 1 is 1.27 bits per heavy atom. The van der Waals surface area contributed by atoms with Gasteiger partial charge in [-0.2, -0.15) is 0 Å². The average Bonchev–Trinajstić information content (AvgIpc) is 3.10. The maximum atomic E-state index is 12.9. The first kappa shape index (κ1) is 18.8. The molecule has 3 aromatic heterocycles. The molecule has 1 aliphatic rings. The van der Waals surface area contributed by atoms with Crippen LogP contribution < -0.4 is 15.6 Å². The van der Waals surface area contributed by atoms with Crippen molar-refractivity contribution in [3.63, 3.8) is 0 Å². The summed E-state index contributed by atoms with van der Waals surface area (Å²) in [6.45, 7) is 1.75. The molecular formula is C22H17ClFN3O3. The van der Waals surface area contributed by atoms with Crippen LogP contribution in [-0.4, -0.2) is 16.1 Å². The fraction of sp³-hybridized carbons (Fsp3) is 0.182. The van der Waals surface area contributed by atoms with Gasteiger partial charge in [-0.15, -0.1) is 0 Å². The van der Waals surface area contributed by atoms with E-state index in [-0.39, 0.29) is 12.2 Å². The highest BCUT2D eigenvalue weighted by molar-refractivity contribution is 6.33. The van der Waals surface area contributed by atoms with Gasteiger partial charge in [0.1, 0.15) is 29.5 Å². The molecule has 0 atom stereocenters. The number of ether oxygens (including phenoxy) is 1. The van der Waals surface area contributed by atoms with E-state index in [1.54, 1.807) is 18.3 Å². The molecule has 4 heterocycles. The number of hydrogen-bond donors (Lipinski definition) is 1. The van der Waals surface area contributed by atoms with Crippen LogP contribution in [0.4, 0.5) is 4.39 Å². The van der Waals surface area contributed by atoms with Crippen molar-refractivity contribution in [2.75, 3.05) is 6.54 Å². The van der Waals surface area contributed by atoms with Crippen LogP contribution in [-0.2, 0) is 19.6 Å². The summed E-state index contributed by atoms with van der Waals surface area (Å²) in [6.07, 6.45) is 3.55. The molecule has 0 fully saturated rings. The summed E-state index contributed by atoms with van der Waals surface area (Å²) >= 11 is 6.51. The minimum atomic E-state index is -0.413. The van der Waals surface area contributed by atoms with Crippen LogP contribution in [0.1, 0.15) is 17.0 Å². The first-order valence-electron chi connectivity index (χ1n) is 9.49. The Morgan fingerprint density at radius 3 is 2.97 bits per heavy atom. The zero-order valence-corrected chi connectivity index (χ0v) is 16.6. The minimum Gasteiger partial charge on any atom is -0.487 e. The number of fused-ring (bicyclic) bond motifs is 3. The van der Waals surface area contributed by atoms with E-state index in [2.05, 4.69) is 10.3 Å². The molecule has 1 N–H and O–H groups in total. The molecule has 0 saturated carbocycles. The molecule has 1 aromatic carbocycles. The van der Waals surface area contributed by atoms with Gasteiger partial charge < -0.3 is 14.5 Å². The number of furan rings is 1. The number of pyridine rings is 2. The second kappa shape index (κ2) is 7.59. The lowest BCUT2D eigenvalue weighted by atomic mass is 10.1. The van der Waals surface area contributed by atoms with Crippen LogP contribution in [0.3, 0.4) is 0 Å². The Kier molecular flexibility index (Phi) is 4.77. The Morgan fingerprint density at radius 2 is 2.17 bits per heavy atom. The topological polar surface area (TPSA) is 69.3 Å². The van der Waals surface area contributed by atoms with Gasteiger partial charge in [-0.1, -0.05) is 11.6 Å². The number of hydrogen-bond acceptors (Lipinski definition) is 5. The van der Waals surface area contributed by atoms with Gasteiger partial charge >= 0.3 is 0 Å². The van der Waals surface area contributed by atoms with E-state index in [9.17, 15) is 9.18 Å². The lowest BCUT2D eigenvalue weighted by Crippen LogP contribution is -2.22. The molecule has 4 aromatic rings. The maximum absolute atomic E-state index is 12.9. The fourth-order valence-electron chi connectivity index (χ4n) is 3.60. The van der Waals surface area contributed by atoms with Crippen molar-refractivity contribution in [2.24, 2.45) is 0 Å². The van der Waals surface area contributed by atoms with E-state index in [4.69, 9.17) is 20.8 Å². The molecule has 0 saturated heterocycles. The highest BCUT2D eigenvalue weighted by Crippen LogP contribution is 2.33. The van der Waals surface area contributed by atoms with Gasteiger partial charge in [-0.3, -0.25) is 14.3 Å². The molecule has 0 amide bonds. The molecule has 0 spiro atoms. The fourth-order valence-corrected chi connectivity index (χ4v) is 3.86. The van der Waals surface area contributed by atoms with E-state index in [0.717, 1.165) is 42.4 Å². The van der Waals surface area contributed by atoms with Gasteiger partial charge in [-0.25, -0.2) is 4.39 Å². The van der Waals surface area contributed by atoms with E-state index >= 15 is 0 Å². The monoisotopic (exact) mass is 425 g/mol. The van der Waals surface area contributed by atoms with Gasteiger partial charge in [0.25, 0.3) is 5.56 Å². The van der Waals surface area contributed by atoms with Gasteiger partial charge in [0.2, 0.25) is 0 Å². The van der Waals surface area contributed by atoms with Gasteiger partial charge in [0.05, 0.1) is 22.6 Å². The van der Waals surface area contributed by atoms with Crippen molar-refractivity contribution in [3.8, 4) is 11.4 Å². The molecule has 8 heteroatoms. The molecule has 1 aliphatic heterocycles. The smallest absolute Gasteiger partial charge is 0.258 e. The summed E-state index contributed by atoms with van der Waals surface area (Å²) < 4.78 is 26.0. The zero-order valence-electron chi connectivity index (χ0n) is 15.8. The van der Waals surface area contributed by atoms with Gasteiger partial charge in [0.15, 0.2) is 0 Å². The van der Waals surface area contributed by atoms with Crippen molar-refractivity contribution in [1.29, 1.82) is 0 Å². The predicted octanol–water partition coefficient (Wildman–Crippen LogP) is 4.00. The van der Waals surface area contributed by atoms with E-state index in [1.807, 2.05) is 6.07 Å². The second-order valence-corrected chi connectivity index (χ2v) is 7.46. The van der Waals surface area contributed by atoms with Crippen LogP contribution in [0.5, 0.6) is 5.75 Å². The lowest BCUT2D eigenvalue weighted by molar-refractivity contribution is 0.300. The Labute approximate surface area is 175 Å². The highest BCUT2D eigenvalue weighted by Gasteiger charge is 2.19. The number of benzene rings is 1. The highest BCUT2D eigenvalue weighted by atomic mass is 35.5. The Bertz CT molecular complexity index is 1300. The molecule has 0 bridgehead atoms. The molecular weight excluding hydrogens is 409 g/mol. The van der Waals surface area contributed by atoms with Gasteiger partial charge in [-0.05, 0) is 24.3 Å². The summed E-state index contributed by atoms with van der Waals surface area (Å²) in [7, 11) is 0. The molecule has 6 nitrogen and oxygen atoms in total. The SMILES string of the molecule is O=c1cc(OCc2ccc(F)cn2)ccn1-c1cc2oc3c(c2cc1Cl)CNCC3. The van der Waals surface area contributed by atoms with E-state index in [0.29, 0.717) is 27.7 Å². The normalized spacial score (nSPS) is 13.4. The molecule has 0 radical (unpaired) electrons. The maximum Gasteiger partial charge on any atom is 0.258 e. The largest absolute Gasteiger partial charge is 0.487 e. The van der Waals surface area contributed by atoms with Crippen LogP contribution >= 0.6 is 11.6 Å². The summed E-state index contributed by atoms with van der Waals surface area (Å²) in [6, 6.07) is 9.52. The third-order valence-electron chi connectivity index (χ3n) is 5.10. The van der Waals surface area contributed by atoms with Crippen LogP contribution in [0, 0.1) is 5.82 Å². The number of rotatable bonds is 4. The number of halogens is 2. The van der Waals surface area contributed by atoms with Crippen molar-refractivity contribution >= 4 is 22.6 Å². The zero-order chi connectivity index (χ0) is 20.7. The Hall–Kier alpha value is -3.16. The molecule has 152 valence electrons. The van der Waals surface area contributed by atoms with Crippen LogP contribution in [0.2, 0.25) is 5.02 Å². The number of nitrogens with zero attached hydrogens (tertiary/aromatic N) is 2. The van der Waals surface area contributed by atoms with Crippen molar-refractivity contribution < 1.29 is 13.5 Å². The standard InChI is InChI=1S/C22H17ClFN3O3/c23-18-8-16-17-11-25-5-3-20(17)30-21(16)9-19(18)27-6-4-15(7-22(27)28)29-12-14-2-1-13(24)10-26-14/h1-2,4,6-10,25H,3,5,11-12H2. The average molecular weight is 426 g/mol. The van der Waals surface area contributed by atoms with Crippen molar-refractivity contribution in [3.05, 3.63) is 87.0 Å². The van der Waals surface area contributed by atoms with E-state index in [1.165, 1.54) is 22.8 Å². The Balaban J connectivity index is 1.44. The third-order valence-corrected chi connectivity index (χ3v) is 5.40. The van der Waals surface area contributed by atoms with Crippen LogP contribution in [0.15, 0.2) is 58.0 Å². The first-order valence-corrected chi connectivity index (χ1v) is 9.87. The summed E-state index contributed by atoms with van der Waals surface area (Å²) in [5, 5.41) is 4.76. The van der Waals surface area contributed by atoms with Crippen molar-refractivity contribution in [1.82, 2.24) is 14.9 Å². The molecule has 30 heavy (non-hydrogen) atoms. The number of aromatic nitrogens is 2. The van der Waals surface area contributed by atoms with Gasteiger partial charge in [0, 0.05) is 48.8 Å². The summed E-state index contributed by atoms with van der Waals surface area (Å²) in [4.78, 5) is 16.6. The predicted molar refractivity (Wildman–Crippen MR) is 111 cm³/mol. The minimum absolute atomic E-state index is 0.127. The first-order chi connectivity index (χ1) is 14.6. The van der Waals surface area contributed by atoms with E-state index < -0.39 is 5.82 Å².